The largest absolute Gasteiger partial charge is 0.433 e. The molecule has 0 spiro atoms. The number of hydrogen-bond donors (Lipinski definition) is 0. The van der Waals surface area contributed by atoms with Crippen LogP contribution in [0.2, 0.25) is 0 Å². The highest BCUT2D eigenvalue weighted by atomic mass is 32.2. The first-order chi connectivity index (χ1) is 11.6. The van der Waals surface area contributed by atoms with Gasteiger partial charge < -0.3 is 4.42 Å². The van der Waals surface area contributed by atoms with E-state index in [9.17, 15) is 14.9 Å². The molecule has 1 amide bonds. The van der Waals surface area contributed by atoms with Crippen LogP contribution in [0, 0.1) is 10.1 Å². The molecule has 120 valence electrons. The average Bonchev–Trinajstić information content (AvgIpc) is 3.14. The Morgan fingerprint density at radius 3 is 2.62 bits per heavy atom. The van der Waals surface area contributed by atoms with E-state index < -0.39 is 4.92 Å². The van der Waals surface area contributed by atoms with Crippen molar-refractivity contribution in [2.75, 3.05) is 4.90 Å². The van der Waals surface area contributed by atoms with Crippen molar-refractivity contribution in [3.8, 4) is 0 Å². The number of nitrogens with zero attached hydrogens (tertiary/aromatic N) is 2. The lowest BCUT2D eigenvalue weighted by Crippen LogP contribution is -2.27. The molecule has 1 fully saturated rings. The quantitative estimate of drug-likeness (QED) is 0.354. The van der Waals surface area contributed by atoms with Crippen LogP contribution < -0.4 is 4.90 Å². The topological polar surface area (TPSA) is 76.6 Å². The van der Waals surface area contributed by atoms with Gasteiger partial charge >= 0.3 is 5.88 Å². The van der Waals surface area contributed by atoms with Gasteiger partial charge in [-0.1, -0.05) is 48.3 Å². The number of allylic oxidation sites excluding steroid dienone is 2. The van der Waals surface area contributed by atoms with Gasteiger partial charge in [0.15, 0.2) is 4.32 Å². The van der Waals surface area contributed by atoms with E-state index in [4.69, 9.17) is 16.6 Å². The number of nitro groups is 1. The van der Waals surface area contributed by atoms with E-state index >= 15 is 0 Å². The fourth-order valence-corrected chi connectivity index (χ4v) is 3.29. The van der Waals surface area contributed by atoms with Crippen LogP contribution in [0.3, 0.4) is 0 Å². The SMILES string of the molecule is O=C1/C(=C\C=C\c2ccc([N+](=O)[O-])o2)SC(=S)N1c1ccccc1. The smallest absolute Gasteiger partial charge is 0.401 e. The number of amides is 1. The number of benzene rings is 1. The summed E-state index contributed by atoms with van der Waals surface area (Å²) < 4.78 is 5.46. The number of carbonyl (C=O) groups is 1. The number of para-hydroxylation sites is 1. The van der Waals surface area contributed by atoms with Gasteiger partial charge in [0.05, 0.1) is 16.7 Å². The van der Waals surface area contributed by atoms with Crippen molar-refractivity contribution >= 4 is 51.9 Å². The van der Waals surface area contributed by atoms with Crippen molar-refractivity contribution in [3.05, 3.63) is 75.4 Å². The Balaban J connectivity index is 1.76. The summed E-state index contributed by atoms with van der Waals surface area (Å²) in [7, 11) is 0. The van der Waals surface area contributed by atoms with Crippen LogP contribution in [0.4, 0.5) is 11.6 Å². The molecule has 24 heavy (non-hydrogen) atoms. The van der Waals surface area contributed by atoms with E-state index in [-0.39, 0.29) is 11.8 Å². The summed E-state index contributed by atoms with van der Waals surface area (Å²) in [6.07, 6.45) is 4.75. The van der Waals surface area contributed by atoms with Crippen LogP contribution in [0.15, 0.2) is 63.9 Å². The van der Waals surface area contributed by atoms with E-state index in [0.717, 1.165) is 0 Å². The lowest BCUT2D eigenvalue weighted by atomic mass is 10.3. The third-order valence-electron chi connectivity index (χ3n) is 3.11. The molecule has 0 radical (unpaired) electrons. The highest BCUT2D eigenvalue weighted by Crippen LogP contribution is 2.34. The Bertz CT molecular complexity index is 871. The molecule has 1 aliphatic rings. The minimum atomic E-state index is -0.609. The van der Waals surface area contributed by atoms with Gasteiger partial charge in [-0.25, -0.2) is 0 Å². The molecule has 2 aromatic rings. The van der Waals surface area contributed by atoms with Gasteiger partial charge in [-0.15, -0.1) is 0 Å². The van der Waals surface area contributed by atoms with Gasteiger partial charge in [-0.2, -0.15) is 0 Å². The molecule has 0 saturated carbocycles. The lowest BCUT2D eigenvalue weighted by molar-refractivity contribution is -0.402. The number of furan rings is 1. The van der Waals surface area contributed by atoms with Crippen molar-refractivity contribution in [3.63, 3.8) is 0 Å². The Morgan fingerprint density at radius 2 is 1.96 bits per heavy atom. The molecule has 8 heteroatoms. The van der Waals surface area contributed by atoms with Crippen LogP contribution >= 0.6 is 24.0 Å². The first-order valence-electron chi connectivity index (χ1n) is 6.80. The van der Waals surface area contributed by atoms with Crippen molar-refractivity contribution in [2.24, 2.45) is 0 Å². The summed E-state index contributed by atoms with van der Waals surface area (Å²) in [4.78, 5) is 24.3. The first-order valence-corrected chi connectivity index (χ1v) is 8.02. The monoisotopic (exact) mass is 358 g/mol. The molecule has 2 heterocycles. The normalized spacial score (nSPS) is 16.5. The minimum absolute atomic E-state index is 0.203. The molecule has 0 bridgehead atoms. The Kier molecular flexibility index (Phi) is 4.59. The minimum Gasteiger partial charge on any atom is -0.401 e. The third-order valence-corrected chi connectivity index (χ3v) is 4.43. The molecule has 1 aromatic carbocycles. The molecule has 0 atom stereocenters. The molecule has 6 nitrogen and oxygen atoms in total. The number of hydrogen-bond acceptors (Lipinski definition) is 6. The Hall–Kier alpha value is -2.71. The van der Waals surface area contributed by atoms with Crippen LogP contribution in [-0.2, 0) is 4.79 Å². The van der Waals surface area contributed by atoms with E-state index in [0.29, 0.717) is 20.7 Å². The maximum Gasteiger partial charge on any atom is 0.433 e. The highest BCUT2D eigenvalue weighted by molar-refractivity contribution is 8.27. The summed E-state index contributed by atoms with van der Waals surface area (Å²) in [5, 5.41) is 10.6. The van der Waals surface area contributed by atoms with Crippen LogP contribution in [-0.4, -0.2) is 15.2 Å². The van der Waals surface area contributed by atoms with Crippen molar-refractivity contribution < 1.29 is 14.1 Å². The van der Waals surface area contributed by atoms with Crippen molar-refractivity contribution in [1.82, 2.24) is 0 Å². The zero-order chi connectivity index (χ0) is 17.1. The van der Waals surface area contributed by atoms with E-state index in [1.165, 1.54) is 28.8 Å². The molecule has 0 N–H and O–H groups in total. The summed E-state index contributed by atoms with van der Waals surface area (Å²) in [5.41, 5.74) is 0.717. The zero-order valence-corrected chi connectivity index (χ0v) is 13.8. The number of carbonyl (C=O) groups excluding carboxylic acids is 1. The molecule has 1 saturated heterocycles. The molecular weight excluding hydrogens is 348 g/mol. The van der Waals surface area contributed by atoms with Gasteiger partial charge in [0.25, 0.3) is 5.91 Å². The number of anilines is 1. The molecule has 1 aromatic heterocycles. The molecule has 1 aliphatic heterocycles. The molecule has 0 aliphatic carbocycles. The maximum atomic E-state index is 12.5. The van der Waals surface area contributed by atoms with Crippen LogP contribution in [0.25, 0.3) is 6.08 Å². The summed E-state index contributed by atoms with van der Waals surface area (Å²) in [6.45, 7) is 0. The van der Waals surface area contributed by atoms with Crippen molar-refractivity contribution in [2.45, 2.75) is 0 Å². The summed E-state index contributed by atoms with van der Waals surface area (Å²) in [5.74, 6) is -0.201. The van der Waals surface area contributed by atoms with Gasteiger partial charge in [0.2, 0.25) is 0 Å². The molecule has 0 unspecified atom stereocenters. The molecular formula is C16H10N2O4S2. The van der Waals surface area contributed by atoms with E-state index in [1.54, 1.807) is 18.2 Å². The second-order valence-corrected chi connectivity index (χ2v) is 6.34. The van der Waals surface area contributed by atoms with Gasteiger partial charge in [0, 0.05) is 0 Å². The molecule has 3 rings (SSSR count). The first kappa shape index (κ1) is 16.2. The van der Waals surface area contributed by atoms with E-state index in [2.05, 4.69) is 0 Å². The van der Waals surface area contributed by atoms with Crippen LogP contribution in [0.5, 0.6) is 0 Å². The van der Waals surface area contributed by atoms with Crippen molar-refractivity contribution in [1.29, 1.82) is 0 Å². The predicted molar refractivity (Wildman–Crippen MR) is 96.6 cm³/mol. The standard InChI is InChI=1S/C16H10N2O4S2/c19-15-13(8-4-7-12-9-10-14(22-12)18(20)21)24-16(23)17(15)11-5-2-1-3-6-11/h1-10H/b7-4+,13-8+. The Labute approximate surface area is 146 Å². The van der Waals surface area contributed by atoms with E-state index in [1.807, 2.05) is 30.3 Å². The second kappa shape index (κ2) is 6.81. The predicted octanol–water partition coefficient (Wildman–Crippen LogP) is 4.15. The fourth-order valence-electron chi connectivity index (χ4n) is 2.04. The average molecular weight is 358 g/mol. The summed E-state index contributed by atoms with van der Waals surface area (Å²) >= 11 is 6.46. The second-order valence-electron chi connectivity index (χ2n) is 4.67. The highest BCUT2D eigenvalue weighted by Gasteiger charge is 2.32. The maximum absolute atomic E-state index is 12.5. The lowest BCUT2D eigenvalue weighted by Gasteiger charge is -2.13. The van der Waals surface area contributed by atoms with Gasteiger partial charge in [0.1, 0.15) is 10.7 Å². The van der Waals surface area contributed by atoms with Gasteiger partial charge in [-0.05, 0) is 30.4 Å². The third kappa shape index (κ3) is 3.29. The fraction of sp³-hybridized carbons (Fsp3) is 0. The number of rotatable bonds is 4. The van der Waals surface area contributed by atoms with Crippen LogP contribution in [0.1, 0.15) is 5.76 Å². The number of thioether (sulfide) groups is 1. The summed E-state index contributed by atoms with van der Waals surface area (Å²) in [6, 6.07) is 11.9. The zero-order valence-electron chi connectivity index (χ0n) is 12.1. The Morgan fingerprint density at radius 1 is 1.21 bits per heavy atom. The van der Waals surface area contributed by atoms with Gasteiger partial charge in [-0.3, -0.25) is 19.8 Å². The number of thiocarbonyl (C=S) groups is 1.